The van der Waals surface area contributed by atoms with Gasteiger partial charge in [0.25, 0.3) is 0 Å². The molecule has 70 valence electrons. The Hall–Kier alpha value is -0.970. The van der Waals surface area contributed by atoms with E-state index < -0.39 is 11.2 Å². The summed E-state index contributed by atoms with van der Waals surface area (Å²) in [4.78, 5) is 23.4. The first-order valence-electron chi connectivity index (χ1n) is 3.97. The van der Waals surface area contributed by atoms with Crippen LogP contribution in [0.3, 0.4) is 0 Å². The molecule has 1 saturated heterocycles. The molecular formula is C8H9NO3S. The van der Waals surface area contributed by atoms with Gasteiger partial charge in [-0.25, -0.2) is 0 Å². The molecule has 0 aromatic carbocycles. The van der Waals surface area contributed by atoms with Crippen LogP contribution in [0.2, 0.25) is 0 Å². The molecule has 0 aromatic rings. The number of amides is 1. The fourth-order valence-electron chi connectivity index (χ4n) is 1.47. The number of nitrogens with zero attached hydrogens (tertiary/aromatic N) is 1. The van der Waals surface area contributed by atoms with Crippen molar-refractivity contribution in [3.63, 3.8) is 0 Å². The average Bonchev–Trinajstić information content (AvgIpc) is 2.06. The van der Waals surface area contributed by atoms with Gasteiger partial charge >= 0.3 is 5.97 Å². The van der Waals surface area contributed by atoms with E-state index in [-0.39, 0.29) is 11.3 Å². The highest BCUT2D eigenvalue weighted by Gasteiger charge is 2.42. The van der Waals surface area contributed by atoms with Gasteiger partial charge in [0.15, 0.2) is 0 Å². The normalized spacial score (nSPS) is 31.9. The number of carbonyl (C=O) groups excluding carboxylic acids is 1. The minimum absolute atomic E-state index is 0.0531. The molecule has 2 heterocycles. The Bertz CT molecular complexity index is 313. The monoisotopic (exact) mass is 199 g/mol. The highest BCUT2D eigenvalue weighted by Crippen LogP contribution is 2.39. The van der Waals surface area contributed by atoms with Gasteiger partial charge in [-0.2, -0.15) is 0 Å². The van der Waals surface area contributed by atoms with E-state index in [0.717, 1.165) is 5.57 Å². The maximum atomic E-state index is 11.0. The molecule has 1 fully saturated rings. The second-order valence-electron chi connectivity index (χ2n) is 3.19. The third-order valence-corrected chi connectivity index (χ3v) is 3.77. The van der Waals surface area contributed by atoms with Crippen LogP contribution in [0.1, 0.15) is 13.3 Å². The summed E-state index contributed by atoms with van der Waals surface area (Å²) in [6.07, 6.45) is 2.13. The van der Waals surface area contributed by atoms with Gasteiger partial charge < -0.3 is 10.0 Å². The van der Waals surface area contributed by atoms with E-state index in [0.29, 0.717) is 6.42 Å². The van der Waals surface area contributed by atoms with Crippen molar-refractivity contribution < 1.29 is 14.7 Å². The minimum Gasteiger partial charge on any atom is -0.480 e. The summed E-state index contributed by atoms with van der Waals surface area (Å²) in [7, 11) is 0. The van der Waals surface area contributed by atoms with Crippen LogP contribution >= 0.6 is 11.8 Å². The molecule has 5 heteroatoms. The van der Waals surface area contributed by atoms with E-state index in [4.69, 9.17) is 5.11 Å². The number of aliphatic carboxylic acids is 1. The fourth-order valence-corrected chi connectivity index (χ4v) is 2.73. The lowest BCUT2D eigenvalue weighted by Gasteiger charge is -2.42. The van der Waals surface area contributed by atoms with Crippen molar-refractivity contribution in [2.24, 2.45) is 0 Å². The lowest BCUT2D eigenvalue weighted by molar-refractivity contribution is -0.139. The van der Waals surface area contributed by atoms with Gasteiger partial charge in [-0.15, -0.1) is 11.8 Å². The zero-order valence-electron chi connectivity index (χ0n) is 7.06. The molecule has 1 amide bonds. The van der Waals surface area contributed by atoms with Crippen molar-refractivity contribution in [1.29, 1.82) is 0 Å². The number of carboxylic acid groups (broad SMARTS) is 1. The van der Waals surface area contributed by atoms with Crippen molar-refractivity contribution in [3.05, 3.63) is 11.8 Å². The quantitative estimate of drug-likeness (QED) is 0.630. The van der Waals surface area contributed by atoms with Crippen LogP contribution in [-0.4, -0.2) is 32.5 Å². The Morgan fingerprint density at radius 3 is 3.00 bits per heavy atom. The summed E-state index contributed by atoms with van der Waals surface area (Å²) in [5.41, 5.74) is 0.738. The summed E-state index contributed by atoms with van der Waals surface area (Å²) in [5, 5.41) is 8.41. The fraction of sp³-hybridized carbons (Fsp3) is 0.500. The Kier molecular flexibility index (Phi) is 1.83. The van der Waals surface area contributed by atoms with Crippen LogP contribution < -0.4 is 0 Å². The highest BCUT2D eigenvalue weighted by molar-refractivity contribution is 8.01. The predicted molar refractivity (Wildman–Crippen MR) is 48.0 cm³/mol. The number of hydrogen-bond acceptors (Lipinski definition) is 3. The van der Waals surface area contributed by atoms with E-state index in [1.165, 1.54) is 11.8 Å². The van der Waals surface area contributed by atoms with Gasteiger partial charge in [0.2, 0.25) is 5.91 Å². The van der Waals surface area contributed by atoms with Gasteiger partial charge in [-0.1, -0.05) is 0 Å². The molecule has 0 spiro atoms. The van der Waals surface area contributed by atoms with E-state index in [1.807, 2.05) is 0 Å². The minimum atomic E-state index is -0.822. The second-order valence-corrected chi connectivity index (χ2v) is 4.47. The van der Waals surface area contributed by atoms with E-state index in [9.17, 15) is 9.59 Å². The number of carboxylic acids is 1. The molecule has 2 aliphatic rings. The molecule has 0 radical (unpaired) electrons. The zero-order chi connectivity index (χ0) is 9.59. The van der Waals surface area contributed by atoms with E-state index in [2.05, 4.69) is 0 Å². The molecule has 0 aromatic heterocycles. The van der Waals surface area contributed by atoms with Crippen LogP contribution in [0.4, 0.5) is 0 Å². The molecule has 0 aliphatic carbocycles. The van der Waals surface area contributed by atoms with Crippen molar-refractivity contribution in [2.45, 2.75) is 24.0 Å². The van der Waals surface area contributed by atoms with E-state index >= 15 is 0 Å². The smallest absolute Gasteiger partial charge is 0.320 e. The third kappa shape index (κ3) is 1.23. The zero-order valence-corrected chi connectivity index (χ0v) is 7.87. The van der Waals surface area contributed by atoms with Crippen LogP contribution in [0, 0.1) is 0 Å². The molecule has 13 heavy (non-hydrogen) atoms. The van der Waals surface area contributed by atoms with Gasteiger partial charge in [-0.3, -0.25) is 9.59 Å². The number of hydrogen-bond donors (Lipinski definition) is 1. The Morgan fingerprint density at radius 2 is 2.46 bits per heavy atom. The number of carbonyl (C=O) groups is 2. The summed E-state index contributed by atoms with van der Waals surface area (Å²) < 4.78 is 0. The molecular weight excluding hydrogens is 190 g/mol. The second kappa shape index (κ2) is 2.77. The Morgan fingerprint density at radius 1 is 1.77 bits per heavy atom. The topological polar surface area (TPSA) is 57.6 Å². The SMILES string of the molecule is CC1=CN2C(=O)C[C@H]2SC1C(=O)O. The van der Waals surface area contributed by atoms with Crippen LogP contribution in [-0.2, 0) is 9.59 Å². The first-order chi connectivity index (χ1) is 6.09. The van der Waals surface area contributed by atoms with Crippen molar-refractivity contribution in [2.75, 3.05) is 0 Å². The lowest BCUT2D eigenvalue weighted by atomic mass is 10.1. The average molecular weight is 199 g/mol. The Labute approximate surface area is 79.6 Å². The summed E-state index contributed by atoms with van der Waals surface area (Å²) in [5.74, 6) is -0.738. The number of fused-ring (bicyclic) bond motifs is 1. The summed E-state index contributed by atoms with van der Waals surface area (Å²) in [6, 6.07) is 0. The molecule has 2 rings (SSSR count). The number of rotatable bonds is 1. The van der Waals surface area contributed by atoms with Crippen LogP contribution in [0.5, 0.6) is 0 Å². The van der Waals surface area contributed by atoms with E-state index in [1.54, 1.807) is 18.0 Å². The first kappa shape index (κ1) is 8.62. The van der Waals surface area contributed by atoms with Crippen LogP contribution in [0.15, 0.2) is 11.8 Å². The standard InChI is InChI=1S/C8H9NO3S/c1-4-3-9-5(10)2-6(9)13-7(4)8(11)12/h3,6-7H,2H2,1H3,(H,11,12)/t6-,7?/m1/s1. The molecule has 2 aliphatic heterocycles. The summed E-state index contributed by atoms with van der Waals surface area (Å²) >= 11 is 1.34. The van der Waals surface area contributed by atoms with Gasteiger partial charge in [0.1, 0.15) is 5.25 Å². The maximum absolute atomic E-state index is 11.0. The molecule has 0 saturated carbocycles. The van der Waals surface area contributed by atoms with Gasteiger partial charge in [0.05, 0.1) is 11.8 Å². The van der Waals surface area contributed by atoms with Gasteiger partial charge in [-0.05, 0) is 12.5 Å². The molecule has 1 N–H and O–H groups in total. The largest absolute Gasteiger partial charge is 0.480 e. The van der Waals surface area contributed by atoms with Crippen LogP contribution in [0.25, 0.3) is 0 Å². The molecule has 1 unspecified atom stereocenters. The first-order valence-corrected chi connectivity index (χ1v) is 4.91. The molecule has 0 bridgehead atoms. The lowest BCUT2D eigenvalue weighted by Crippen LogP contribution is -2.51. The number of β-lactam (4-membered cyclic amide) rings is 1. The highest BCUT2D eigenvalue weighted by atomic mass is 32.2. The molecule has 4 nitrogen and oxygen atoms in total. The number of thioether (sulfide) groups is 1. The summed E-state index contributed by atoms with van der Waals surface area (Å²) in [6.45, 7) is 1.74. The Balaban J connectivity index is 2.21. The van der Waals surface area contributed by atoms with Crippen molar-refractivity contribution in [1.82, 2.24) is 4.90 Å². The van der Waals surface area contributed by atoms with Crippen molar-refractivity contribution >= 4 is 23.6 Å². The predicted octanol–water partition coefficient (Wildman–Crippen LogP) is 0.649. The maximum Gasteiger partial charge on any atom is 0.320 e. The van der Waals surface area contributed by atoms with Gasteiger partial charge in [0, 0.05) is 6.20 Å². The molecule has 2 atom stereocenters. The van der Waals surface area contributed by atoms with Crippen molar-refractivity contribution in [3.8, 4) is 0 Å². The third-order valence-electron chi connectivity index (χ3n) is 2.22.